The predicted octanol–water partition coefficient (Wildman–Crippen LogP) is 1.63. The van der Waals surface area contributed by atoms with Gasteiger partial charge in [0, 0.05) is 19.5 Å². The van der Waals surface area contributed by atoms with Crippen molar-refractivity contribution in [3.63, 3.8) is 0 Å². The molecule has 1 heterocycles. The van der Waals surface area contributed by atoms with Gasteiger partial charge in [0.1, 0.15) is 0 Å². The fourth-order valence-electron chi connectivity index (χ4n) is 2.86. The van der Waals surface area contributed by atoms with Crippen LogP contribution in [0.3, 0.4) is 0 Å². The molecule has 3 atom stereocenters. The first-order chi connectivity index (χ1) is 9.54. The number of carbonyl (C=O) groups excluding carboxylic acids is 1. The number of carboxylic acid groups (broad SMARTS) is 1. The molecule has 5 heteroatoms. The van der Waals surface area contributed by atoms with Crippen LogP contribution in [0.25, 0.3) is 0 Å². The van der Waals surface area contributed by atoms with E-state index in [1.165, 1.54) is 0 Å². The zero-order chi connectivity index (χ0) is 15.0. The average molecular weight is 284 g/mol. The molecule has 116 valence electrons. The lowest BCUT2D eigenvalue weighted by molar-refractivity contribution is -0.137. The Labute approximate surface area is 121 Å². The fraction of sp³-hybridized carbons (Fsp3) is 0.867. The zero-order valence-corrected chi connectivity index (χ0v) is 12.7. The van der Waals surface area contributed by atoms with Gasteiger partial charge in [0.25, 0.3) is 0 Å². The minimum atomic E-state index is -0.735. The van der Waals surface area contributed by atoms with E-state index in [4.69, 9.17) is 5.11 Å². The maximum Gasteiger partial charge on any atom is 0.303 e. The molecule has 0 aromatic rings. The fourth-order valence-corrected chi connectivity index (χ4v) is 2.86. The second-order valence-electron chi connectivity index (χ2n) is 5.91. The largest absolute Gasteiger partial charge is 0.481 e. The van der Waals surface area contributed by atoms with Crippen molar-refractivity contribution in [3.05, 3.63) is 0 Å². The van der Waals surface area contributed by atoms with E-state index >= 15 is 0 Å². The summed E-state index contributed by atoms with van der Waals surface area (Å²) in [6, 6.07) is 0. The van der Waals surface area contributed by atoms with Gasteiger partial charge in [-0.05, 0) is 31.2 Å². The van der Waals surface area contributed by atoms with Crippen molar-refractivity contribution >= 4 is 11.9 Å². The number of hydrogen-bond acceptors (Lipinski definition) is 3. The van der Waals surface area contributed by atoms with E-state index < -0.39 is 5.97 Å². The lowest BCUT2D eigenvalue weighted by atomic mass is 9.94. The van der Waals surface area contributed by atoms with Gasteiger partial charge in [0.2, 0.25) is 5.91 Å². The minimum absolute atomic E-state index is 0.0821. The molecular formula is C15H28N2O3. The molecule has 0 radical (unpaired) electrons. The Morgan fingerprint density at radius 1 is 1.30 bits per heavy atom. The van der Waals surface area contributed by atoms with Crippen LogP contribution in [0.5, 0.6) is 0 Å². The minimum Gasteiger partial charge on any atom is -0.481 e. The van der Waals surface area contributed by atoms with Crippen molar-refractivity contribution < 1.29 is 14.7 Å². The molecule has 0 aromatic heterocycles. The normalized spacial score (nSPS) is 23.5. The predicted molar refractivity (Wildman–Crippen MR) is 78.4 cm³/mol. The second-order valence-corrected chi connectivity index (χ2v) is 5.91. The maximum absolute atomic E-state index is 12.0. The molecule has 20 heavy (non-hydrogen) atoms. The summed E-state index contributed by atoms with van der Waals surface area (Å²) >= 11 is 0. The average Bonchev–Trinajstić information content (AvgIpc) is 2.82. The third-order valence-electron chi connectivity index (χ3n) is 4.17. The highest BCUT2D eigenvalue weighted by Gasteiger charge is 2.29. The number of nitrogens with one attached hydrogen (secondary N) is 2. The molecule has 1 fully saturated rings. The molecular weight excluding hydrogens is 256 g/mol. The molecule has 0 aliphatic carbocycles. The highest BCUT2D eigenvalue weighted by molar-refractivity contribution is 5.79. The van der Waals surface area contributed by atoms with Gasteiger partial charge in [0.15, 0.2) is 0 Å². The van der Waals surface area contributed by atoms with Gasteiger partial charge in [-0.1, -0.05) is 26.7 Å². The number of carboxylic acids is 1. The Bertz CT molecular complexity index is 320. The lowest BCUT2D eigenvalue weighted by Crippen LogP contribution is -2.35. The maximum atomic E-state index is 12.0. The molecule has 5 nitrogen and oxygen atoms in total. The molecule has 1 saturated heterocycles. The Hall–Kier alpha value is -1.10. The third kappa shape index (κ3) is 5.90. The topological polar surface area (TPSA) is 78.4 Å². The van der Waals surface area contributed by atoms with Gasteiger partial charge in [-0.2, -0.15) is 0 Å². The van der Waals surface area contributed by atoms with Crippen molar-refractivity contribution in [2.45, 2.75) is 46.0 Å². The van der Waals surface area contributed by atoms with Crippen LogP contribution in [-0.4, -0.2) is 36.6 Å². The first-order valence-corrected chi connectivity index (χ1v) is 7.74. The first kappa shape index (κ1) is 17.0. The Morgan fingerprint density at radius 3 is 2.60 bits per heavy atom. The zero-order valence-electron chi connectivity index (χ0n) is 12.7. The van der Waals surface area contributed by atoms with Crippen LogP contribution in [0, 0.1) is 17.8 Å². The molecule has 1 aliphatic rings. The van der Waals surface area contributed by atoms with Crippen molar-refractivity contribution in [2.75, 3.05) is 19.6 Å². The van der Waals surface area contributed by atoms with Gasteiger partial charge < -0.3 is 15.7 Å². The molecule has 3 unspecified atom stereocenters. The quantitative estimate of drug-likeness (QED) is 0.601. The summed E-state index contributed by atoms with van der Waals surface area (Å²) in [4.78, 5) is 22.6. The van der Waals surface area contributed by atoms with Gasteiger partial charge in [-0.15, -0.1) is 0 Å². The Balaban J connectivity index is 2.25. The summed E-state index contributed by atoms with van der Waals surface area (Å²) in [6.45, 7) is 6.54. The monoisotopic (exact) mass is 284 g/mol. The molecule has 1 amide bonds. The van der Waals surface area contributed by atoms with Crippen LogP contribution in [0.4, 0.5) is 0 Å². The van der Waals surface area contributed by atoms with Crippen LogP contribution in [0.1, 0.15) is 46.0 Å². The second kappa shape index (κ2) is 8.95. The number of hydrogen-bond donors (Lipinski definition) is 3. The van der Waals surface area contributed by atoms with E-state index in [0.717, 1.165) is 32.4 Å². The summed E-state index contributed by atoms with van der Waals surface area (Å²) in [5.74, 6) is 0.277. The van der Waals surface area contributed by atoms with Crippen molar-refractivity contribution in [2.24, 2.45) is 17.8 Å². The highest BCUT2D eigenvalue weighted by atomic mass is 16.4. The molecule has 0 spiro atoms. The molecule has 0 saturated carbocycles. The number of carbonyl (C=O) groups is 2. The molecule has 3 N–H and O–H groups in total. The van der Waals surface area contributed by atoms with Crippen LogP contribution >= 0.6 is 0 Å². The number of aliphatic carboxylic acids is 1. The Kier molecular flexibility index (Phi) is 7.59. The highest BCUT2D eigenvalue weighted by Crippen LogP contribution is 2.18. The van der Waals surface area contributed by atoms with Gasteiger partial charge >= 0.3 is 5.97 Å². The first-order valence-electron chi connectivity index (χ1n) is 7.74. The Morgan fingerprint density at radius 2 is 2.05 bits per heavy atom. The van der Waals surface area contributed by atoms with E-state index in [2.05, 4.69) is 24.5 Å². The summed E-state index contributed by atoms with van der Waals surface area (Å²) < 4.78 is 0. The van der Waals surface area contributed by atoms with Gasteiger partial charge in [-0.25, -0.2) is 0 Å². The van der Waals surface area contributed by atoms with Crippen molar-refractivity contribution in [3.8, 4) is 0 Å². The third-order valence-corrected chi connectivity index (χ3v) is 4.17. The van der Waals surface area contributed by atoms with Crippen LogP contribution in [-0.2, 0) is 9.59 Å². The number of amides is 1. The van der Waals surface area contributed by atoms with E-state index in [-0.39, 0.29) is 18.2 Å². The lowest BCUT2D eigenvalue weighted by Gasteiger charge is -2.18. The smallest absolute Gasteiger partial charge is 0.303 e. The van der Waals surface area contributed by atoms with Crippen LogP contribution < -0.4 is 10.6 Å². The molecule has 0 bridgehead atoms. The molecule has 1 rings (SSSR count). The van der Waals surface area contributed by atoms with Crippen molar-refractivity contribution in [1.82, 2.24) is 10.6 Å². The van der Waals surface area contributed by atoms with E-state index in [1.54, 1.807) is 0 Å². The summed E-state index contributed by atoms with van der Waals surface area (Å²) in [5, 5.41) is 15.0. The van der Waals surface area contributed by atoms with E-state index in [1.807, 2.05) is 0 Å². The molecule has 1 aliphatic heterocycles. The SMILES string of the molecule is CCCC(CCNC(=O)C1CNCC1C)CCC(=O)O. The summed E-state index contributed by atoms with van der Waals surface area (Å²) in [7, 11) is 0. The van der Waals surface area contributed by atoms with Gasteiger partial charge in [-0.3, -0.25) is 9.59 Å². The van der Waals surface area contributed by atoms with Crippen LogP contribution in [0.2, 0.25) is 0 Å². The molecule has 0 aromatic carbocycles. The van der Waals surface area contributed by atoms with E-state index in [9.17, 15) is 9.59 Å². The van der Waals surface area contributed by atoms with Crippen LogP contribution in [0.15, 0.2) is 0 Å². The number of rotatable bonds is 9. The summed E-state index contributed by atoms with van der Waals surface area (Å²) in [6.07, 6.45) is 3.90. The van der Waals surface area contributed by atoms with Gasteiger partial charge in [0.05, 0.1) is 5.92 Å². The van der Waals surface area contributed by atoms with E-state index in [0.29, 0.717) is 24.8 Å². The standard InChI is InChI=1S/C15H28N2O3/c1-3-4-12(5-6-14(18)19)7-8-17-15(20)13-10-16-9-11(13)2/h11-13,16H,3-10H2,1-2H3,(H,17,20)(H,18,19). The summed E-state index contributed by atoms with van der Waals surface area (Å²) in [5.41, 5.74) is 0. The van der Waals surface area contributed by atoms with Crippen molar-refractivity contribution in [1.29, 1.82) is 0 Å².